The van der Waals surface area contributed by atoms with E-state index in [-0.39, 0.29) is 0 Å². The van der Waals surface area contributed by atoms with Gasteiger partial charge in [-0.05, 0) is 69.9 Å². The van der Waals surface area contributed by atoms with Gasteiger partial charge in [-0.2, -0.15) is 0 Å². The van der Waals surface area contributed by atoms with Crippen LogP contribution in [-0.4, -0.2) is 0 Å². The lowest BCUT2D eigenvalue weighted by Gasteiger charge is -2.31. The van der Waals surface area contributed by atoms with Gasteiger partial charge in [-0.15, -0.1) is 0 Å². The summed E-state index contributed by atoms with van der Waals surface area (Å²) in [6.45, 7) is 0. The van der Waals surface area contributed by atoms with Crippen molar-refractivity contribution in [3.8, 4) is 33.4 Å². The van der Waals surface area contributed by atoms with Crippen LogP contribution in [0.5, 0.6) is 0 Å². The van der Waals surface area contributed by atoms with Crippen molar-refractivity contribution in [1.29, 1.82) is 0 Å². The molecule has 0 unspecified atom stereocenters. The summed E-state index contributed by atoms with van der Waals surface area (Å²) in [5.41, 5.74) is 12.2. The minimum absolute atomic E-state index is 1.08. The van der Waals surface area contributed by atoms with Gasteiger partial charge in [0, 0.05) is 39.4 Å². The molecule has 0 atom stereocenters. The molecule has 2 heteroatoms. The van der Waals surface area contributed by atoms with Crippen molar-refractivity contribution in [2.24, 2.45) is 0 Å². The number of nitrogens with one attached hydrogen (secondary N) is 2. The summed E-state index contributed by atoms with van der Waals surface area (Å²) in [5.74, 6) is 0. The maximum Gasteiger partial charge on any atom is 0.0471 e. The zero-order valence-electron chi connectivity index (χ0n) is 19.7. The highest BCUT2D eigenvalue weighted by Gasteiger charge is 2.30. The average molecular weight is 461 g/mol. The summed E-state index contributed by atoms with van der Waals surface area (Å²) in [7, 11) is 0. The van der Waals surface area contributed by atoms with Crippen LogP contribution in [0.15, 0.2) is 133 Å². The van der Waals surface area contributed by atoms with E-state index in [1.165, 1.54) is 44.2 Å². The van der Waals surface area contributed by atoms with Gasteiger partial charge in [-0.1, -0.05) is 91.0 Å². The van der Waals surface area contributed by atoms with Crippen molar-refractivity contribution in [2.75, 3.05) is 10.6 Å². The maximum absolute atomic E-state index is 3.67. The molecule has 6 aromatic carbocycles. The van der Waals surface area contributed by atoms with Crippen molar-refractivity contribution >= 4 is 33.5 Å². The van der Waals surface area contributed by atoms with E-state index in [2.05, 4.69) is 120 Å². The number of benzene rings is 6. The molecule has 1 aliphatic rings. The predicted octanol–water partition coefficient (Wildman–Crippen LogP) is 9.64. The van der Waals surface area contributed by atoms with Gasteiger partial charge < -0.3 is 10.6 Å². The second-order valence-electron chi connectivity index (χ2n) is 9.18. The maximum atomic E-state index is 3.67. The van der Waals surface area contributed by atoms with Gasteiger partial charge in [0.2, 0.25) is 0 Å². The van der Waals surface area contributed by atoms with Crippen LogP contribution in [0.25, 0.3) is 44.2 Å². The van der Waals surface area contributed by atoms with E-state index in [1.54, 1.807) is 0 Å². The lowest BCUT2D eigenvalue weighted by atomic mass is 9.73. The Morgan fingerprint density at radius 1 is 0.361 bits per heavy atom. The molecule has 0 aromatic heterocycles. The van der Waals surface area contributed by atoms with Crippen molar-refractivity contribution in [2.45, 2.75) is 0 Å². The molecular formula is C34H24N2. The standard InChI is InChI=1S/C34H24N2/c1-3-10-25(11-4-1)35-27-18-15-24(16-19-27)29-21-22-31(36-26-12-5-2-6-13-26)34-32-28-14-8-7-9-23(28)17-20-30(32)33(29)34/h1-22,35-36H. The van der Waals surface area contributed by atoms with E-state index in [1.807, 2.05) is 24.3 Å². The van der Waals surface area contributed by atoms with E-state index < -0.39 is 0 Å². The number of hydrogen-bond acceptors (Lipinski definition) is 2. The average Bonchev–Trinajstić information content (AvgIpc) is 2.92. The second kappa shape index (κ2) is 8.44. The highest BCUT2D eigenvalue weighted by atomic mass is 14.9. The van der Waals surface area contributed by atoms with Crippen LogP contribution in [0.3, 0.4) is 0 Å². The van der Waals surface area contributed by atoms with E-state index in [9.17, 15) is 0 Å². The summed E-state index contributed by atoms with van der Waals surface area (Å²) in [5, 5.41) is 9.74. The van der Waals surface area contributed by atoms with Crippen LogP contribution in [-0.2, 0) is 0 Å². The van der Waals surface area contributed by atoms with Gasteiger partial charge in [0.05, 0.1) is 0 Å². The molecule has 1 aliphatic carbocycles. The molecular weight excluding hydrogens is 436 g/mol. The molecule has 0 radical (unpaired) electrons. The number of anilines is 4. The minimum Gasteiger partial charge on any atom is -0.356 e. The van der Waals surface area contributed by atoms with Gasteiger partial charge in [-0.25, -0.2) is 0 Å². The molecule has 170 valence electrons. The Bertz CT molecular complexity index is 1700. The molecule has 36 heavy (non-hydrogen) atoms. The molecule has 0 saturated heterocycles. The Kier molecular flexibility index (Phi) is 4.82. The largest absolute Gasteiger partial charge is 0.356 e. The third-order valence-corrected chi connectivity index (χ3v) is 6.96. The zero-order valence-corrected chi connectivity index (χ0v) is 19.7. The first-order chi connectivity index (χ1) is 17.8. The number of fused-ring (bicyclic) bond motifs is 6. The number of para-hydroxylation sites is 2. The Morgan fingerprint density at radius 2 is 0.972 bits per heavy atom. The second-order valence-corrected chi connectivity index (χ2v) is 9.18. The molecule has 0 saturated carbocycles. The summed E-state index contributed by atoms with van der Waals surface area (Å²) >= 11 is 0. The minimum atomic E-state index is 1.08. The SMILES string of the molecule is c1ccc(Nc2ccc(-c3ccc(Nc4ccccc4)c4c3-c3ccc5ccccc5c3-4)cc2)cc1. The highest BCUT2D eigenvalue weighted by Crippen LogP contribution is 2.57. The van der Waals surface area contributed by atoms with Crippen LogP contribution in [0, 0.1) is 0 Å². The van der Waals surface area contributed by atoms with Gasteiger partial charge in [0.25, 0.3) is 0 Å². The van der Waals surface area contributed by atoms with Gasteiger partial charge in [0.15, 0.2) is 0 Å². The van der Waals surface area contributed by atoms with Crippen LogP contribution in [0.2, 0.25) is 0 Å². The zero-order chi connectivity index (χ0) is 23.9. The molecule has 0 fully saturated rings. The van der Waals surface area contributed by atoms with Crippen LogP contribution >= 0.6 is 0 Å². The Balaban J connectivity index is 1.33. The van der Waals surface area contributed by atoms with Gasteiger partial charge in [-0.3, -0.25) is 0 Å². The van der Waals surface area contributed by atoms with E-state index >= 15 is 0 Å². The summed E-state index contributed by atoms with van der Waals surface area (Å²) in [6, 6.07) is 47.1. The van der Waals surface area contributed by atoms with E-state index in [4.69, 9.17) is 0 Å². The summed E-state index contributed by atoms with van der Waals surface area (Å²) in [6.07, 6.45) is 0. The van der Waals surface area contributed by atoms with Crippen LogP contribution in [0.1, 0.15) is 0 Å². The molecule has 2 nitrogen and oxygen atoms in total. The summed E-state index contributed by atoms with van der Waals surface area (Å²) in [4.78, 5) is 0. The molecule has 7 rings (SSSR count). The molecule has 0 bridgehead atoms. The summed E-state index contributed by atoms with van der Waals surface area (Å²) < 4.78 is 0. The topological polar surface area (TPSA) is 24.1 Å². The Labute approximate surface area is 210 Å². The lowest BCUT2D eigenvalue weighted by molar-refractivity contribution is 1.48. The Hall–Kier alpha value is -4.82. The van der Waals surface area contributed by atoms with Gasteiger partial charge in [0.1, 0.15) is 0 Å². The molecule has 2 N–H and O–H groups in total. The molecule has 0 aliphatic heterocycles. The predicted molar refractivity (Wildman–Crippen MR) is 153 cm³/mol. The third kappa shape index (κ3) is 3.43. The van der Waals surface area contributed by atoms with Crippen molar-refractivity contribution in [3.63, 3.8) is 0 Å². The third-order valence-electron chi connectivity index (χ3n) is 6.96. The van der Waals surface area contributed by atoms with Crippen molar-refractivity contribution < 1.29 is 0 Å². The molecule has 6 aromatic rings. The van der Waals surface area contributed by atoms with Crippen LogP contribution in [0.4, 0.5) is 22.7 Å². The number of hydrogen-bond donors (Lipinski definition) is 2. The smallest absolute Gasteiger partial charge is 0.0471 e. The first kappa shape index (κ1) is 20.5. The number of rotatable bonds is 5. The lowest BCUT2D eigenvalue weighted by Crippen LogP contribution is -2.06. The first-order valence-electron chi connectivity index (χ1n) is 12.3. The first-order valence-corrected chi connectivity index (χ1v) is 12.3. The molecule has 0 amide bonds. The monoisotopic (exact) mass is 460 g/mol. The van der Waals surface area contributed by atoms with Gasteiger partial charge >= 0.3 is 0 Å². The fourth-order valence-electron chi connectivity index (χ4n) is 5.27. The normalized spacial score (nSPS) is 11.3. The highest BCUT2D eigenvalue weighted by molar-refractivity contribution is 6.21. The quantitative estimate of drug-likeness (QED) is 0.267. The van der Waals surface area contributed by atoms with E-state index in [0.29, 0.717) is 0 Å². The fourth-order valence-corrected chi connectivity index (χ4v) is 5.27. The van der Waals surface area contributed by atoms with Crippen LogP contribution < -0.4 is 10.6 Å². The van der Waals surface area contributed by atoms with E-state index in [0.717, 1.165) is 22.7 Å². The fraction of sp³-hybridized carbons (Fsp3) is 0. The van der Waals surface area contributed by atoms with Crippen molar-refractivity contribution in [3.05, 3.63) is 133 Å². The van der Waals surface area contributed by atoms with Crippen molar-refractivity contribution in [1.82, 2.24) is 0 Å². The Morgan fingerprint density at radius 3 is 1.72 bits per heavy atom. The molecule has 0 spiro atoms. The molecule has 0 heterocycles.